The fourth-order valence-electron chi connectivity index (χ4n) is 3.71. The first kappa shape index (κ1) is 21.3. The summed E-state index contributed by atoms with van der Waals surface area (Å²) in [7, 11) is 0. The molecule has 0 N–H and O–H groups in total. The van der Waals surface area contributed by atoms with Crippen LogP contribution in [0.25, 0.3) is 11.5 Å². The molecule has 1 aromatic heterocycles. The molecule has 0 saturated heterocycles. The van der Waals surface area contributed by atoms with Gasteiger partial charge < -0.3 is 9.15 Å². The maximum absolute atomic E-state index is 12.3. The van der Waals surface area contributed by atoms with Gasteiger partial charge in [-0.15, -0.1) is 10.2 Å². The summed E-state index contributed by atoms with van der Waals surface area (Å²) < 4.78 is 11.3. The molecule has 1 saturated carbocycles. The van der Waals surface area contributed by atoms with E-state index in [1.54, 1.807) is 12.1 Å². The second kappa shape index (κ2) is 9.39. The first-order valence-electron chi connectivity index (χ1n) is 9.74. The number of carbonyl (C=O) groups excluding carboxylic acids is 1. The molecular weight excluding hydrogens is 394 g/mol. The molecule has 0 bridgehead atoms. The van der Waals surface area contributed by atoms with E-state index in [9.17, 15) is 14.9 Å². The normalized spacial score (nSPS) is 21.9. The summed E-state index contributed by atoms with van der Waals surface area (Å²) >= 11 is 1.10. The van der Waals surface area contributed by atoms with Gasteiger partial charge in [-0.2, -0.15) is 0 Å². The smallest absolute Gasteiger partial charge is 0.316 e. The molecule has 3 rings (SSSR count). The average Bonchev–Trinajstić information content (AvgIpc) is 3.15. The van der Waals surface area contributed by atoms with E-state index in [4.69, 9.17) is 9.15 Å². The van der Waals surface area contributed by atoms with Crippen molar-refractivity contribution in [3.8, 4) is 11.5 Å². The van der Waals surface area contributed by atoms with Crippen LogP contribution in [0.2, 0.25) is 0 Å². The van der Waals surface area contributed by atoms with Crippen molar-refractivity contribution in [3.05, 3.63) is 34.4 Å². The van der Waals surface area contributed by atoms with Gasteiger partial charge in [0.05, 0.1) is 4.92 Å². The second-order valence-corrected chi connectivity index (χ2v) is 8.75. The van der Waals surface area contributed by atoms with Crippen LogP contribution in [0.3, 0.4) is 0 Å². The molecule has 9 heteroatoms. The molecule has 1 aliphatic rings. The molecule has 2 aromatic rings. The van der Waals surface area contributed by atoms with Crippen molar-refractivity contribution in [1.82, 2.24) is 10.2 Å². The summed E-state index contributed by atoms with van der Waals surface area (Å²) in [6.45, 7) is 6.54. The summed E-state index contributed by atoms with van der Waals surface area (Å²) in [6.07, 6.45) is 3.11. The highest BCUT2D eigenvalue weighted by molar-refractivity contribution is 7.99. The molecule has 0 radical (unpaired) electrons. The zero-order valence-corrected chi connectivity index (χ0v) is 17.6. The van der Waals surface area contributed by atoms with E-state index < -0.39 is 4.92 Å². The molecule has 3 atom stereocenters. The molecule has 8 nitrogen and oxygen atoms in total. The Balaban J connectivity index is 1.57. The van der Waals surface area contributed by atoms with Crippen LogP contribution in [0.4, 0.5) is 5.69 Å². The molecule has 0 unspecified atom stereocenters. The molecule has 29 heavy (non-hydrogen) atoms. The molecule has 0 spiro atoms. The Labute approximate surface area is 173 Å². The Morgan fingerprint density at radius 2 is 2.17 bits per heavy atom. The van der Waals surface area contributed by atoms with Crippen molar-refractivity contribution in [1.29, 1.82) is 0 Å². The van der Waals surface area contributed by atoms with Gasteiger partial charge in [-0.05, 0) is 36.7 Å². The van der Waals surface area contributed by atoms with Gasteiger partial charge in [0.2, 0.25) is 5.89 Å². The molecule has 1 aromatic carbocycles. The Morgan fingerprint density at radius 3 is 2.90 bits per heavy atom. The Hall–Kier alpha value is -2.42. The second-order valence-electron chi connectivity index (χ2n) is 7.82. The molecule has 1 aliphatic carbocycles. The van der Waals surface area contributed by atoms with Crippen LogP contribution in [-0.2, 0) is 9.53 Å². The number of rotatable bonds is 7. The van der Waals surface area contributed by atoms with E-state index in [1.165, 1.54) is 18.6 Å². The fraction of sp³-hybridized carbons (Fsp3) is 0.550. The highest BCUT2D eigenvalue weighted by atomic mass is 32.2. The quantitative estimate of drug-likeness (QED) is 0.274. The van der Waals surface area contributed by atoms with Crippen molar-refractivity contribution in [3.63, 3.8) is 0 Å². The molecule has 0 aliphatic heterocycles. The number of hydrogen-bond acceptors (Lipinski definition) is 8. The third-order valence-electron chi connectivity index (χ3n) is 5.27. The largest absolute Gasteiger partial charge is 0.461 e. The number of esters is 1. The predicted octanol–water partition coefficient (Wildman–Crippen LogP) is 4.74. The monoisotopic (exact) mass is 419 g/mol. The summed E-state index contributed by atoms with van der Waals surface area (Å²) in [5, 5.41) is 18.9. The minimum Gasteiger partial charge on any atom is -0.461 e. The Kier molecular flexibility index (Phi) is 6.89. The molecule has 0 amide bonds. The number of carbonyl (C=O) groups is 1. The lowest BCUT2D eigenvalue weighted by molar-refractivity contribution is -0.384. The number of nitro groups is 1. The minimum atomic E-state index is -0.484. The summed E-state index contributed by atoms with van der Waals surface area (Å²) in [4.78, 5) is 22.8. The van der Waals surface area contributed by atoms with Gasteiger partial charge in [0.25, 0.3) is 10.9 Å². The maximum Gasteiger partial charge on any atom is 0.316 e. The molecular formula is C20H25N3O5S. The topological polar surface area (TPSA) is 108 Å². The first-order chi connectivity index (χ1) is 13.8. The van der Waals surface area contributed by atoms with E-state index in [2.05, 4.69) is 31.0 Å². The number of aromatic nitrogens is 2. The number of ether oxygens (including phenoxy) is 1. The summed E-state index contributed by atoms with van der Waals surface area (Å²) in [5.74, 6) is 1.38. The van der Waals surface area contributed by atoms with Gasteiger partial charge in [0, 0.05) is 17.7 Å². The van der Waals surface area contributed by atoms with Gasteiger partial charge in [-0.1, -0.05) is 45.0 Å². The van der Waals surface area contributed by atoms with Crippen LogP contribution >= 0.6 is 11.8 Å². The van der Waals surface area contributed by atoms with E-state index in [0.29, 0.717) is 23.3 Å². The maximum atomic E-state index is 12.3. The van der Waals surface area contributed by atoms with Gasteiger partial charge in [-0.3, -0.25) is 14.9 Å². The Bertz CT molecular complexity index is 869. The highest BCUT2D eigenvalue weighted by Crippen LogP contribution is 2.35. The van der Waals surface area contributed by atoms with Gasteiger partial charge in [0.1, 0.15) is 11.9 Å². The lowest BCUT2D eigenvalue weighted by atomic mass is 9.75. The van der Waals surface area contributed by atoms with Crippen LogP contribution in [0.1, 0.15) is 40.0 Å². The van der Waals surface area contributed by atoms with Crippen LogP contribution in [0.15, 0.2) is 33.9 Å². The number of thioether (sulfide) groups is 1. The molecule has 1 fully saturated rings. The number of hydrogen-bond donors (Lipinski definition) is 0. The lowest BCUT2D eigenvalue weighted by Crippen LogP contribution is -2.36. The van der Waals surface area contributed by atoms with Crippen molar-refractivity contribution in [2.75, 3.05) is 5.75 Å². The molecule has 156 valence electrons. The number of nitrogens with zero attached hydrogens (tertiary/aromatic N) is 3. The summed E-state index contributed by atoms with van der Waals surface area (Å²) in [6, 6.07) is 5.96. The Morgan fingerprint density at radius 1 is 1.38 bits per heavy atom. The zero-order chi connectivity index (χ0) is 21.0. The van der Waals surface area contributed by atoms with Crippen LogP contribution < -0.4 is 0 Å². The van der Waals surface area contributed by atoms with Crippen molar-refractivity contribution < 1.29 is 18.9 Å². The molecule has 1 heterocycles. The van der Waals surface area contributed by atoms with Crippen LogP contribution in [0, 0.1) is 27.9 Å². The number of non-ortho nitro benzene ring substituents is 1. The first-order valence-corrected chi connectivity index (χ1v) is 10.7. The number of benzene rings is 1. The van der Waals surface area contributed by atoms with E-state index in [-0.39, 0.29) is 34.6 Å². The fourth-order valence-corrected chi connectivity index (χ4v) is 4.26. The van der Waals surface area contributed by atoms with Crippen molar-refractivity contribution >= 4 is 23.4 Å². The standard InChI is InChI=1S/C20H25N3O5S/c1-12(2)16-8-7-13(3)9-17(16)27-18(24)11-29-20-22-21-19(28-20)14-5-4-6-15(10-14)23(25)26/h4-6,10,12-13,16-17H,7-9,11H2,1-3H3/t13-,16+,17+/m0/s1. The van der Waals surface area contributed by atoms with Crippen LogP contribution in [0.5, 0.6) is 0 Å². The van der Waals surface area contributed by atoms with Crippen molar-refractivity contribution in [2.24, 2.45) is 17.8 Å². The van der Waals surface area contributed by atoms with Gasteiger partial charge >= 0.3 is 5.97 Å². The van der Waals surface area contributed by atoms with Crippen LogP contribution in [-0.4, -0.2) is 32.9 Å². The van der Waals surface area contributed by atoms with E-state index in [0.717, 1.165) is 24.6 Å². The summed E-state index contributed by atoms with van der Waals surface area (Å²) in [5.41, 5.74) is 0.400. The van der Waals surface area contributed by atoms with Gasteiger partial charge in [0.15, 0.2) is 0 Å². The number of nitro benzene ring substituents is 1. The van der Waals surface area contributed by atoms with E-state index in [1.807, 2.05) is 0 Å². The third-order valence-corrected chi connectivity index (χ3v) is 6.06. The lowest BCUT2D eigenvalue weighted by Gasteiger charge is -2.36. The van der Waals surface area contributed by atoms with Gasteiger partial charge in [-0.25, -0.2) is 0 Å². The van der Waals surface area contributed by atoms with Crippen molar-refractivity contribution in [2.45, 2.75) is 51.4 Å². The SMILES string of the molecule is CC(C)[C@H]1CC[C@H](C)C[C@H]1OC(=O)CSc1nnc(-c2cccc([N+](=O)[O-])c2)o1. The highest BCUT2D eigenvalue weighted by Gasteiger charge is 2.33. The average molecular weight is 420 g/mol. The zero-order valence-electron chi connectivity index (χ0n) is 16.7. The van der Waals surface area contributed by atoms with E-state index >= 15 is 0 Å². The minimum absolute atomic E-state index is 0.0463. The third kappa shape index (κ3) is 5.56. The predicted molar refractivity (Wildman–Crippen MR) is 108 cm³/mol.